The Labute approximate surface area is 106 Å². The Morgan fingerprint density at radius 3 is 2.88 bits per heavy atom. The first kappa shape index (κ1) is 10.5. The molecule has 2 aromatic heterocycles. The number of nitrogens with zero attached hydrogens (tertiary/aromatic N) is 4. The topological polar surface area (TPSA) is 43.6 Å². The molecule has 0 aliphatic rings. The molecule has 0 aliphatic heterocycles. The van der Waals surface area contributed by atoms with Crippen LogP contribution in [0.1, 0.15) is 5.56 Å². The van der Waals surface area contributed by atoms with Crippen molar-refractivity contribution in [3.8, 4) is 0 Å². The average Bonchev–Trinajstić information content (AvgIpc) is 2.81. The number of fused-ring (bicyclic) bond motifs is 1. The first-order chi connectivity index (χ1) is 8.43. The van der Waals surface area contributed by atoms with Gasteiger partial charge in [0.1, 0.15) is 0 Å². The second-order valence-electron chi connectivity index (χ2n) is 3.61. The van der Waals surface area contributed by atoms with Gasteiger partial charge in [-0.1, -0.05) is 0 Å². The second-order valence-corrected chi connectivity index (χ2v) is 5.77. The molecular weight excluding hydrogens is 275 g/mol. The fraction of sp³-hybridized carbons (Fsp3) is 0.0833. The van der Waals surface area contributed by atoms with Crippen molar-refractivity contribution >= 4 is 27.1 Å². The minimum atomic E-state index is 0.000914. The second kappa shape index (κ2) is 4.68. The predicted octanol–water partition coefficient (Wildman–Crippen LogP) is 1.49. The van der Waals surface area contributed by atoms with Crippen molar-refractivity contribution in [2.75, 3.05) is 0 Å². The molecule has 0 fully saturated rings. The summed E-state index contributed by atoms with van der Waals surface area (Å²) in [6.45, 7) is 0. The summed E-state index contributed by atoms with van der Waals surface area (Å²) in [5.74, 6) is 0. The number of aromatic nitrogens is 4. The van der Waals surface area contributed by atoms with Gasteiger partial charge < -0.3 is 0 Å². The molecule has 1 aromatic carbocycles. The van der Waals surface area contributed by atoms with Crippen LogP contribution < -0.4 is 0 Å². The maximum atomic E-state index is 4.29. The molecule has 0 N–H and O–H groups in total. The van der Waals surface area contributed by atoms with E-state index in [1.54, 1.807) is 12.5 Å². The zero-order valence-electron chi connectivity index (χ0n) is 9.06. The molecule has 2 heterocycles. The van der Waals surface area contributed by atoms with Crippen molar-refractivity contribution in [1.29, 1.82) is 0 Å². The summed E-state index contributed by atoms with van der Waals surface area (Å²) >= 11 is 0.000914. The Bertz CT molecular complexity index is 620. The molecule has 4 nitrogen and oxygen atoms in total. The van der Waals surface area contributed by atoms with Gasteiger partial charge in [-0.15, -0.1) is 0 Å². The number of benzene rings is 1. The third-order valence-electron chi connectivity index (χ3n) is 2.44. The summed E-state index contributed by atoms with van der Waals surface area (Å²) in [7, 11) is 0. The van der Waals surface area contributed by atoms with Crippen molar-refractivity contribution in [3.05, 3.63) is 54.7 Å². The first-order valence-corrected chi connectivity index (χ1v) is 7.45. The Morgan fingerprint density at radius 2 is 2.00 bits per heavy atom. The van der Waals surface area contributed by atoms with Crippen LogP contribution in [-0.2, 0) is 5.21 Å². The SMILES string of the molecule is c1ccc(C[As]n2cnc3cncnc32)cc1. The molecule has 3 rings (SSSR count). The number of imidazole rings is 1. The number of hydrogen-bond acceptors (Lipinski definition) is 3. The van der Waals surface area contributed by atoms with E-state index in [4.69, 9.17) is 0 Å². The van der Waals surface area contributed by atoms with Crippen LogP contribution in [0.3, 0.4) is 0 Å². The van der Waals surface area contributed by atoms with E-state index in [2.05, 4.69) is 42.7 Å². The van der Waals surface area contributed by atoms with Gasteiger partial charge in [-0.3, -0.25) is 0 Å². The Morgan fingerprint density at radius 1 is 1.12 bits per heavy atom. The molecule has 0 unspecified atom stereocenters. The third-order valence-corrected chi connectivity index (χ3v) is 4.76. The van der Waals surface area contributed by atoms with Crippen LogP contribution >= 0.6 is 0 Å². The van der Waals surface area contributed by atoms with Gasteiger partial charge in [0.15, 0.2) is 0 Å². The van der Waals surface area contributed by atoms with Crippen LogP contribution in [0.15, 0.2) is 49.2 Å². The Hall–Kier alpha value is -1.67. The summed E-state index contributed by atoms with van der Waals surface area (Å²) in [6.07, 6.45) is 5.19. The molecule has 0 saturated carbocycles. The number of rotatable bonds is 3. The Kier molecular flexibility index (Phi) is 2.88. The van der Waals surface area contributed by atoms with Gasteiger partial charge in [0, 0.05) is 0 Å². The van der Waals surface area contributed by atoms with E-state index in [0.29, 0.717) is 0 Å². The van der Waals surface area contributed by atoms with Crippen molar-refractivity contribution in [2.45, 2.75) is 5.21 Å². The normalized spacial score (nSPS) is 11.5. The summed E-state index contributed by atoms with van der Waals surface area (Å²) in [4.78, 5) is 12.5. The average molecular weight is 285 g/mol. The predicted molar refractivity (Wildman–Crippen MR) is 66.6 cm³/mol. The zero-order chi connectivity index (χ0) is 11.5. The van der Waals surface area contributed by atoms with Gasteiger partial charge in [0.2, 0.25) is 0 Å². The molecular formula is C12H10AsN4. The van der Waals surface area contributed by atoms with Gasteiger partial charge in [0.25, 0.3) is 0 Å². The summed E-state index contributed by atoms with van der Waals surface area (Å²) in [5, 5.41) is 1.08. The van der Waals surface area contributed by atoms with Crippen LogP contribution in [0.5, 0.6) is 0 Å². The van der Waals surface area contributed by atoms with E-state index in [1.807, 2.05) is 12.4 Å². The standard InChI is InChI=1S/C12H10AsN4/c1-2-4-10(5-3-1)6-13-17-9-16-11-7-14-8-15-12(11)17/h1-5,7-9H,6H2. The van der Waals surface area contributed by atoms with E-state index >= 15 is 0 Å². The molecule has 5 heteroatoms. The van der Waals surface area contributed by atoms with Crippen molar-refractivity contribution in [3.63, 3.8) is 0 Å². The van der Waals surface area contributed by atoms with E-state index in [1.165, 1.54) is 5.56 Å². The minimum absolute atomic E-state index is 0.000914. The molecule has 0 aliphatic carbocycles. The molecule has 3 aromatic rings. The van der Waals surface area contributed by atoms with Crippen molar-refractivity contribution in [1.82, 2.24) is 18.4 Å². The monoisotopic (exact) mass is 285 g/mol. The summed E-state index contributed by atoms with van der Waals surface area (Å²) in [6, 6.07) is 10.5. The third kappa shape index (κ3) is 2.22. The van der Waals surface area contributed by atoms with Gasteiger partial charge in [-0.05, 0) is 0 Å². The van der Waals surface area contributed by atoms with Crippen LogP contribution in [-0.4, -0.2) is 34.4 Å². The summed E-state index contributed by atoms with van der Waals surface area (Å²) in [5.41, 5.74) is 3.18. The van der Waals surface area contributed by atoms with E-state index in [9.17, 15) is 0 Å². The molecule has 1 radical (unpaired) electrons. The fourth-order valence-electron chi connectivity index (χ4n) is 1.60. The van der Waals surface area contributed by atoms with Gasteiger partial charge in [-0.25, -0.2) is 0 Å². The van der Waals surface area contributed by atoms with Crippen LogP contribution in [0, 0.1) is 0 Å². The van der Waals surface area contributed by atoms with Crippen LogP contribution in [0.4, 0.5) is 0 Å². The van der Waals surface area contributed by atoms with Gasteiger partial charge in [-0.2, -0.15) is 0 Å². The zero-order valence-corrected chi connectivity index (χ0v) is 10.9. The molecule has 0 atom stereocenters. The fourth-order valence-corrected chi connectivity index (χ4v) is 3.57. The van der Waals surface area contributed by atoms with Crippen molar-refractivity contribution < 1.29 is 0 Å². The maximum absolute atomic E-state index is 4.29. The van der Waals surface area contributed by atoms with Gasteiger partial charge in [0.05, 0.1) is 0 Å². The van der Waals surface area contributed by atoms with Crippen LogP contribution in [0.2, 0.25) is 0 Å². The number of hydrogen-bond donors (Lipinski definition) is 0. The quantitative estimate of drug-likeness (QED) is 0.685. The van der Waals surface area contributed by atoms with E-state index < -0.39 is 0 Å². The molecule has 83 valence electrons. The van der Waals surface area contributed by atoms with Crippen molar-refractivity contribution in [2.24, 2.45) is 0 Å². The van der Waals surface area contributed by atoms with Crippen LogP contribution in [0.25, 0.3) is 11.2 Å². The molecule has 17 heavy (non-hydrogen) atoms. The summed E-state index contributed by atoms with van der Waals surface area (Å²) < 4.78 is 2.15. The van der Waals surface area contributed by atoms with Gasteiger partial charge >= 0.3 is 106 Å². The van der Waals surface area contributed by atoms with E-state index in [0.717, 1.165) is 16.4 Å². The first-order valence-electron chi connectivity index (χ1n) is 5.28. The molecule has 0 amide bonds. The van der Waals surface area contributed by atoms with E-state index in [-0.39, 0.29) is 16.0 Å². The Balaban J connectivity index is 1.82. The molecule has 0 spiro atoms. The molecule has 0 saturated heterocycles. The molecule has 0 bridgehead atoms.